The molecular weight excluding hydrogens is 1870 g/mol. The highest BCUT2D eigenvalue weighted by Gasteiger charge is 2.88. The van der Waals surface area contributed by atoms with Crippen LogP contribution in [0.25, 0.3) is 0 Å². The second-order valence-electron chi connectivity index (χ2n) is 43.3. The van der Waals surface area contributed by atoms with Gasteiger partial charge in [-0.2, -0.15) is 0 Å². The summed E-state index contributed by atoms with van der Waals surface area (Å²) in [7, 11) is 0. The van der Waals surface area contributed by atoms with Crippen molar-refractivity contribution in [3.8, 4) is 34.5 Å². The topological polar surface area (TPSA) is 246 Å². The summed E-state index contributed by atoms with van der Waals surface area (Å²) in [5, 5.41) is 42.0. The van der Waals surface area contributed by atoms with Crippen molar-refractivity contribution in [3.63, 3.8) is 0 Å². The molecule has 0 aromatic heterocycles. The maximum atomic E-state index is 18.3. The largest absolute Gasteiger partial charge is 0.494 e. The fourth-order valence-corrected chi connectivity index (χ4v) is 21.0. The molecule has 1 aliphatic carbocycles. The van der Waals surface area contributed by atoms with E-state index in [9.17, 15) is 15.3 Å². The van der Waals surface area contributed by atoms with Gasteiger partial charge >= 0.3 is 17.9 Å². The Balaban J connectivity index is 1.40. The van der Waals surface area contributed by atoms with Gasteiger partial charge in [0.05, 0.1) is 56.3 Å². The van der Waals surface area contributed by atoms with Gasteiger partial charge in [0.25, 0.3) is 16.8 Å². The number of benzene rings is 6. The second kappa shape index (κ2) is 81.1. The molecule has 0 saturated heterocycles. The first kappa shape index (κ1) is 128. The number of unbranched alkanes of at least 4 members (excludes halogenated alkanes) is 66. The molecule has 6 atom stereocenters. The molecule has 3 N–H and O–H groups in total. The molecule has 0 heterocycles. The van der Waals surface area contributed by atoms with Gasteiger partial charge in [-0.1, -0.05) is 465 Å². The highest BCUT2D eigenvalue weighted by Crippen LogP contribution is 2.57. The summed E-state index contributed by atoms with van der Waals surface area (Å²) >= 11 is 0. The fourth-order valence-electron chi connectivity index (χ4n) is 21.0. The van der Waals surface area contributed by atoms with Crippen LogP contribution in [0.4, 0.5) is 0 Å². The number of rotatable bonds is 96. The van der Waals surface area contributed by atoms with Gasteiger partial charge in [0.1, 0.15) is 52.8 Å². The quantitative estimate of drug-likeness (QED) is 0.0139. The average molecular weight is 2080 g/mol. The van der Waals surface area contributed by atoms with E-state index in [2.05, 4.69) is 41.5 Å². The number of ketones is 3. The van der Waals surface area contributed by atoms with Crippen LogP contribution in [0.2, 0.25) is 0 Å². The Bertz CT molecular complexity index is 4220. The molecule has 1 saturated carbocycles. The first-order valence-electron chi connectivity index (χ1n) is 61.3. The Kier molecular flexibility index (Phi) is 69.4. The van der Waals surface area contributed by atoms with Crippen LogP contribution in [-0.2, 0) is 14.2 Å². The molecule has 6 aromatic carbocycles. The monoisotopic (exact) mass is 2080 g/mol. The molecule has 2 unspecified atom stereocenters. The fraction of sp³-hybridized carbons (Fsp3) is 0.682. The van der Waals surface area contributed by atoms with E-state index in [4.69, 9.17) is 42.6 Å². The summed E-state index contributed by atoms with van der Waals surface area (Å²) in [6.07, 6.45) is 73.4. The highest BCUT2D eigenvalue weighted by molar-refractivity contribution is 6.21. The smallest absolute Gasteiger partial charge is 0.339 e. The van der Waals surface area contributed by atoms with Crippen molar-refractivity contribution in [2.45, 2.75) is 539 Å². The third-order valence-electron chi connectivity index (χ3n) is 30.5. The predicted molar refractivity (Wildman–Crippen MR) is 614 cm³/mol. The first-order chi connectivity index (χ1) is 73.6. The number of carbonyl (C=O) groups excluding carboxylic acids is 6. The van der Waals surface area contributed by atoms with E-state index >= 15 is 28.8 Å². The molecule has 840 valence electrons. The lowest BCUT2D eigenvalue weighted by Crippen LogP contribution is -2.91. The first-order valence-corrected chi connectivity index (χ1v) is 61.3. The number of aliphatic hydroxyl groups excluding tert-OH is 3. The van der Waals surface area contributed by atoms with Crippen LogP contribution >= 0.6 is 0 Å². The van der Waals surface area contributed by atoms with E-state index in [1.54, 1.807) is 0 Å². The van der Waals surface area contributed by atoms with E-state index < -0.39 is 87.1 Å². The van der Waals surface area contributed by atoms with Crippen molar-refractivity contribution in [2.75, 3.05) is 39.6 Å². The zero-order valence-corrected chi connectivity index (χ0v) is 94.7. The van der Waals surface area contributed by atoms with Crippen molar-refractivity contribution in [1.29, 1.82) is 0 Å². The highest BCUT2D eigenvalue weighted by atomic mass is 16.7. The maximum absolute atomic E-state index is 18.3. The summed E-state index contributed by atoms with van der Waals surface area (Å²) in [6, 6.07) is 34.0. The molecule has 18 nitrogen and oxygen atoms in total. The number of Topliss-reactive ketones (excluding diaryl/α,β-unsaturated/α-hetero) is 3. The number of carbonyl (C=O) groups is 6. The Morgan fingerprint density at radius 3 is 0.473 bits per heavy atom. The van der Waals surface area contributed by atoms with E-state index in [1.807, 2.05) is 0 Å². The van der Waals surface area contributed by atoms with Crippen LogP contribution in [0.1, 0.15) is 566 Å². The minimum atomic E-state index is -4.22. The Morgan fingerprint density at radius 2 is 0.313 bits per heavy atom. The number of hydrogen-bond donors (Lipinski definition) is 3. The molecule has 6 aromatic rings. The van der Waals surface area contributed by atoms with E-state index in [1.165, 1.54) is 435 Å². The minimum absolute atomic E-state index is 0.286. The number of esters is 3. The SMILES string of the molecule is CCCCCCCCCCCCCCOc1ccc(C(=O)OC2(C(=O)c3ccc(OCCCCCCCCCCCCCC)cc3)[C@@](OC(=O)c3ccc(OCCCCCCCCCCCCCC)cc3)(C(=O)c3ccc(OCCCCCCCCCCCCCC)cc3)[C@@H](O)C(O)[C@@H](O)[C@@]2(OC(=O)c2ccc(OCCCCCCCCCCCCCC)cc2)C(=O)c2ccc(OCCCCCCCCCCCCCC)cc2)cc1. The van der Waals surface area contributed by atoms with Crippen LogP contribution in [-0.4, -0.2) is 125 Å². The van der Waals surface area contributed by atoms with E-state index in [0.29, 0.717) is 74.8 Å². The van der Waals surface area contributed by atoms with Crippen LogP contribution in [0.3, 0.4) is 0 Å². The molecule has 0 aliphatic heterocycles. The van der Waals surface area contributed by atoms with Gasteiger partial charge in [0, 0.05) is 16.7 Å². The maximum Gasteiger partial charge on any atom is 0.339 e. The van der Waals surface area contributed by atoms with Crippen LogP contribution in [0.5, 0.6) is 34.5 Å². The molecular formula is C132H204O18. The molecule has 0 radical (unpaired) electrons. The molecule has 0 spiro atoms. The third kappa shape index (κ3) is 47.8. The Labute approximate surface area is 908 Å². The molecule has 1 aliphatic rings. The molecule has 18 heteroatoms. The van der Waals surface area contributed by atoms with Crippen molar-refractivity contribution in [1.82, 2.24) is 0 Å². The minimum Gasteiger partial charge on any atom is -0.494 e. The summed E-state index contributed by atoms with van der Waals surface area (Å²) in [4.78, 5) is 104. The van der Waals surface area contributed by atoms with Crippen molar-refractivity contribution in [3.05, 3.63) is 179 Å². The lowest BCUT2D eigenvalue weighted by atomic mass is 9.52. The van der Waals surface area contributed by atoms with Crippen LogP contribution in [0, 0.1) is 0 Å². The van der Waals surface area contributed by atoms with Gasteiger partial charge in [0.15, 0.2) is 0 Å². The van der Waals surface area contributed by atoms with Gasteiger partial charge in [-0.3, -0.25) is 14.4 Å². The lowest BCUT2D eigenvalue weighted by Gasteiger charge is -2.60. The van der Waals surface area contributed by atoms with E-state index in [-0.39, 0.29) is 22.4 Å². The standard InChI is InChI=1S/C132H204O18/c1-7-13-19-25-31-37-43-49-55-61-67-73-103-142-115-91-79-109(80-92-115)122(134)130(148-127(139)112-85-97-118(98-86-112)145-106-76-70-64-58-52-46-40-34-28-22-16-10-4)125(137)121(133)126(138)131(123(135)110-81-93-116(94-82-110)143-104-74-68-62-56-50-44-38-32-26-20-14-8-2,149-128(140)113-87-99-119(100-88-113)146-107-77-71-65-59-53-47-41-35-29-23-17-11-5)132(130,124(136)111-83-95-117(96-84-111)144-105-75-69-63-57-51-45-39-33-27-21-15-9-3)150-129(141)114-89-101-120(102-90-114)147-108-78-72-66-60-54-48-42-36-30-24-18-12-6/h79-102,121,125-126,133,137-138H,7-78,103-108H2,1-6H3/t121?,125-,126+,130+,131-,132?. The molecule has 7 rings (SSSR count). The third-order valence-corrected chi connectivity index (χ3v) is 30.5. The number of aliphatic hydroxyl groups is 3. The van der Waals surface area contributed by atoms with Crippen molar-refractivity contribution in [2.24, 2.45) is 0 Å². The Hall–Kier alpha value is -8.58. The van der Waals surface area contributed by atoms with Gasteiger partial charge in [-0.25, -0.2) is 14.4 Å². The second-order valence-corrected chi connectivity index (χ2v) is 43.3. The molecule has 150 heavy (non-hydrogen) atoms. The van der Waals surface area contributed by atoms with Gasteiger partial charge in [0.2, 0.25) is 17.3 Å². The normalized spacial score (nSPS) is 16.4. The van der Waals surface area contributed by atoms with Crippen LogP contribution < -0.4 is 28.4 Å². The number of ether oxygens (including phenoxy) is 9. The van der Waals surface area contributed by atoms with Gasteiger partial charge < -0.3 is 58.0 Å². The summed E-state index contributed by atoms with van der Waals surface area (Å²) in [5.41, 5.74) is -14.7. The summed E-state index contributed by atoms with van der Waals surface area (Å²) < 4.78 is 59.3. The lowest BCUT2D eigenvalue weighted by molar-refractivity contribution is -0.293. The Morgan fingerprint density at radius 1 is 0.180 bits per heavy atom. The van der Waals surface area contributed by atoms with Crippen molar-refractivity contribution >= 4 is 35.3 Å². The summed E-state index contributed by atoms with van der Waals surface area (Å²) in [5.74, 6) is -7.14. The van der Waals surface area contributed by atoms with Gasteiger partial charge in [-0.05, 0) is 184 Å². The summed E-state index contributed by atoms with van der Waals surface area (Å²) in [6.45, 7) is 15.4. The molecule has 0 amide bonds. The zero-order chi connectivity index (χ0) is 107. The van der Waals surface area contributed by atoms with Crippen LogP contribution in [0.15, 0.2) is 146 Å². The van der Waals surface area contributed by atoms with E-state index in [0.717, 1.165) is 167 Å². The average Bonchev–Trinajstić information content (AvgIpc) is 0.655. The molecule has 0 bridgehead atoms. The predicted octanol–water partition coefficient (Wildman–Crippen LogP) is 36.0. The van der Waals surface area contributed by atoms with Crippen molar-refractivity contribution < 1.29 is 86.7 Å². The zero-order valence-electron chi connectivity index (χ0n) is 94.7. The molecule has 1 fully saturated rings. The van der Waals surface area contributed by atoms with Gasteiger partial charge in [-0.15, -0.1) is 0 Å². The number of hydrogen-bond acceptors (Lipinski definition) is 18.